The normalized spacial score (nSPS) is 31.3. The second-order valence-electron chi connectivity index (χ2n) is 5.10. The second-order valence-corrected chi connectivity index (χ2v) is 6.50. The van der Waals surface area contributed by atoms with E-state index in [9.17, 15) is 0 Å². The van der Waals surface area contributed by atoms with Gasteiger partial charge in [0.05, 0.1) is 0 Å². The van der Waals surface area contributed by atoms with Gasteiger partial charge < -0.3 is 10.2 Å². The Morgan fingerprint density at radius 3 is 3.19 bits per heavy atom. The van der Waals surface area contributed by atoms with Gasteiger partial charge in [0.15, 0.2) is 0 Å². The summed E-state index contributed by atoms with van der Waals surface area (Å²) < 4.78 is 0. The van der Waals surface area contributed by atoms with Crippen molar-refractivity contribution in [3.05, 3.63) is 0 Å². The van der Waals surface area contributed by atoms with Crippen LogP contribution in [0.1, 0.15) is 32.6 Å². The van der Waals surface area contributed by atoms with Crippen molar-refractivity contribution in [3.8, 4) is 0 Å². The summed E-state index contributed by atoms with van der Waals surface area (Å²) >= 11 is 2.08. The van der Waals surface area contributed by atoms with Gasteiger partial charge >= 0.3 is 0 Å². The maximum Gasteiger partial charge on any atom is 0.0120 e. The molecule has 2 aliphatic heterocycles. The van der Waals surface area contributed by atoms with Crippen LogP contribution in [0.5, 0.6) is 0 Å². The number of rotatable bonds is 5. The van der Waals surface area contributed by atoms with Crippen LogP contribution in [0.25, 0.3) is 0 Å². The molecule has 0 aromatic rings. The summed E-state index contributed by atoms with van der Waals surface area (Å²) in [5.74, 6) is 3.56. The van der Waals surface area contributed by atoms with Gasteiger partial charge in [0.1, 0.15) is 0 Å². The molecule has 2 saturated heterocycles. The minimum Gasteiger partial charge on any atom is -0.314 e. The number of hydrogen-bond acceptors (Lipinski definition) is 3. The summed E-state index contributed by atoms with van der Waals surface area (Å²) in [5, 5.41) is 3.69. The lowest BCUT2D eigenvalue weighted by molar-refractivity contribution is 0.115. The lowest BCUT2D eigenvalue weighted by Gasteiger charge is -2.41. The Morgan fingerprint density at radius 2 is 2.31 bits per heavy atom. The first-order valence-electron chi connectivity index (χ1n) is 6.93. The number of hydrogen-bond donors (Lipinski definition) is 1. The topological polar surface area (TPSA) is 15.3 Å². The lowest BCUT2D eigenvalue weighted by Crippen LogP contribution is -2.52. The Bertz CT molecular complexity index is 198. The van der Waals surface area contributed by atoms with Gasteiger partial charge in [0.2, 0.25) is 0 Å². The van der Waals surface area contributed by atoms with E-state index in [1.165, 1.54) is 63.4 Å². The van der Waals surface area contributed by atoms with E-state index in [4.69, 9.17) is 0 Å². The fourth-order valence-corrected chi connectivity index (χ4v) is 3.68. The quantitative estimate of drug-likeness (QED) is 0.744. The Labute approximate surface area is 105 Å². The van der Waals surface area contributed by atoms with Crippen molar-refractivity contribution < 1.29 is 0 Å². The first-order chi connectivity index (χ1) is 7.90. The Balaban J connectivity index is 1.65. The minimum absolute atomic E-state index is 0.843. The Kier molecular flexibility index (Phi) is 5.46. The molecule has 2 atom stereocenters. The van der Waals surface area contributed by atoms with Crippen molar-refractivity contribution in [2.75, 3.05) is 37.7 Å². The molecule has 1 N–H and O–H groups in total. The van der Waals surface area contributed by atoms with Gasteiger partial charge in [-0.3, -0.25) is 0 Å². The molecule has 0 radical (unpaired) electrons. The third-order valence-corrected chi connectivity index (χ3v) is 4.93. The molecule has 94 valence electrons. The number of nitrogens with zero attached hydrogens (tertiary/aromatic N) is 1. The zero-order valence-electron chi connectivity index (χ0n) is 10.6. The average molecular weight is 242 g/mol. The summed E-state index contributed by atoms with van der Waals surface area (Å²) in [6, 6.07) is 0.843. The third kappa shape index (κ3) is 3.64. The number of fused-ring (bicyclic) bond motifs is 1. The van der Waals surface area contributed by atoms with Crippen LogP contribution in [0, 0.1) is 5.92 Å². The van der Waals surface area contributed by atoms with Gasteiger partial charge in [-0.15, -0.1) is 0 Å². The Morgan fingerprint density at radius 1 is 1.38 bits per heavy atom. The number of piperidine rings is 2. The molecule has 3 heteroatoms. The van der Waals surface area contributed by atoms with E-state index in [1.54, 1.807) is 0 Å². The highest BCUT2D eigenvalue weighted by Crippen LogP contribution is 2.24. The molecule has 0 saturated carbocycles. The third-order valence-electron chi connectivity index (χ3n) is 3.94. The molecule has 2 fully saturated rings. The first kappa shape index (κ1) is 12.7. The first-order valence-corrected chi connectivity index (χ1v) is 8.09. The van der Waals surface area contributed by atoms with Gasteiger partial charge in [0.25, 0.3) is 0 Å². The summed E-state index contributed by atoms with van der Waals surface area (Å²) in [7, 11) is 0. The van der Waals surface area contributed by atoms with Gasteiger partial charge in [-0.1, -0.05) is 6.92 Å². The summed E-state index contributed by atoms with van der Waals surface area (Å²) in [6.07, 6.45) is 5.60. The van der Waals surface area contributed by atoms with Crippen molar-refractivity contribution in [3.63, 3.8) is 0 Å². The molecule has 0 aromatic heterocycles. The van der Waals surface area contributed by atoms with Crippen molar-refractivity contribution in [1.29, 1.82) is 0 Å². The highest BCUT2D eigenvalue weighted by molar-refractivity contribution is 7.99. The van der Waals surface area contributed by atoms with E-state index in [0.717, 1.165) is 12.0 Å². The minimum atomic E-state index is 0.843. The van der Waals surface area contributed by atoms with Crippen molar-refractivity contribution in [1.82, 2.24) is 10.2 Å². The smallest absolute Gasteiger partial charge is 0.0120 e. The van der Waals surface area contributed by atoms with E-state index in [0.29, 0.717) is 0 Å². The molecule has 2 heterocycles. The van der Waals surface area contributed by atoms with Gasteiger partial charge in [-0.05, 0) is 62.7 Å². The van der Waals surface area contributed by atoms with Crippen LogP contribution in [0.2, 0.25) is 0 Å². The average Bonchev–Trinajstić information content (AvgIpc) is 2.34. The molecule has 0 amide bonds. The predicted octanol–water partition coefficient (Wildman–Crippen LogP) is 2.20. The van der Waals surface area contributed by atoms with Gasteiger partial charge in [0, 0.05) is 12.6 Å². The molecule has 2 rings (SSSR count). The molecule has 2 nitrogen and oxygen atoms in total. The lowest BCUT2D eigenvalue weighted by atomic mass is 9.85. The fourth-order valence-electron chi connectivity index (χ4n) is 3.06. The molecular formula is C13H26N2S. The summed E-state index contributed by atoms with van der Waals surface area (Å²) in [5.41, 5.74) is 0. The molecule has 0 bridgehead atoms. The second kappa shape index (κ2) is 6.87. The van der Waals surface area contributed by atoms with Gasteiger partial charge in [-0.2, -0.15) is 11.8 Å². The number of likely N-dealkylation sites (tertiary alicyclic amines) is 1. The summed E-state index contributed by atoms with van der Waals surface area (Å²) in [4.78, 5) is 2.70. The molecule has 2 unspecified atom stereocenters. The van der Waals surface area contributed by atoms with Crippen molar-refractivity contribution in [2.24, 2.45) is 5.92 Å². The van der Waals surface area contributed by atoms with Crippen molar-refractivity contribution in [2.45, 2.75) is 38.6 Å². The van der Waals surface area contributed by atoms with E-state index in [1.807, 2.05) is 0 Å². The SMILES string of the molecule is CCSCCCN1CCC2NCCCC2C1. The van der Waals surface area contributed by atoms with Crippen LogP contribution in [0.15, 0.2) is 0 Å². The number of nitrogens with one attached hydrogen (secondary N) is 1. The Hall–Kier alpha value is 0.270. The largest absolute Gasteiger partial charge is 0.314 e. The van der Waals surface area contributed by atoms with Crippen LogP contribution in [-0.2, 0) is 0 Å². The fraction of sp³-hybridized carbons (Fsp3) is 1.00. The van der Waals surface area contributed by atoms with Crippen LogP contribution in [0.4, 0.5) is 0 Å². The predicted molar refractivity (Wildman–Crippen MR) is 73.2 cm³/mol. The molecular weight excluding hydrogens is 216 g/mol. The van der Waals surface area contributed by atoms with Gasteiger partial charge in [-0.25, -0.2) is 0 Å². The standard InChI is InChI=1S/C13H26N2S/c1-2-16-10-4-8-15-9-6-13-12(11-15)5-3-7-14-13/h12-14H,2-11H2,1H3. The van der Waals surface area contributed by atoms with E-state index in [2.05, 4.69) is 28.9 Å². The van der Waals surface area contributed by atoms with E-state index >= 15 is 0 Å². The maximum atomic E-state index is 3.69. The molecule has 16 heavy (non-hydrogen) atoms. The van der Waals surface area contributed by atoms with Crippen LogP contribution in [0.3, 0.4) is 0 Å². The zero-order chi connectivity index (χ0) is 11.2. The maximum absolute atomic E-state index is 3.69. The van der Waals surface area contributed by atoms with E-state index in [-0.39, 0.29) is 0 Å². The van der Waals surface area contributed by atoms with Crippen LogP contribution < -0.4 is 5.32 Å². The molecule has 0 aromatic carbocycles. The number of thioether (sulfide) groups is 1. The highest BCUT2D eigenvalue weighted by Gasteiger charge is 2.30. The highest BCUT2D eigenvalue weighted by atomic mass is 32.2. The summed E-state index contributed by atoms with van der Waals surface area (Å²) in [6.45, 7) is 7.52. The molecule has 0 aliphatic carbocycles. The molecule has 0 spiro atoms. The van der Waals surface area contributed by atoms with Crippen LogP contribution >= 0.6 is 11.8 Å². The van der Waals surface area contributed by atoms with E-state index < -0.39 is 0 Å². The van der Waals surface area contributed by atoms with Crippen molar-refractivity contribution >= 4 is 11.8 Å². The van der Waals surface area contributed by atoms with Crippen LogP contribution in [-0.4, -0.2) is 48.6 Å². The monoisotopic (exact) mass is 242 g/mol. The zero-order valence-corrected chi connectivity index (χ0v) is 11.4. The molecule has 2 aliphatic rings.